The van der Waals surface area contributed by atoms with Crippen molar-refractivity contribution >= 4 is 0 Å². The molecule has 0 bridgehead atoms. The smallest absolute Gasteiger partial charge is 0.395 e. The molecule has 0 aromatic carbocycles. The van der Waals surface area contributed by atoms with Crippen molar-refractivity contribution in [2.75, 3.05) is 13.2 Å². The largest absolute Gasteiger partial charge is 0.396 e. The van der Waals surface area contributed by atoms with Crippen LogP contribution in [0.5, 0.6) is 0 Å². The van der Waals surface area contributed by atoms with Gasteiger partial charge in [0.15, 0.2) is 0 Å². The summed E-state index contributed by atoms with van der Waals surface area (Å²) in [6.45, 7) is -1.49. The summed E-state index contributed by atoms with van der Waals surface area (Å²) < 4.78 is 34.4. The van der Waals surface area contributed by atoms with Crippen molar-refractivity contribution in [2.24, 2.45) is 11.7 Å². The lowest BCUT2D eigenvalue weighted by atomic mass is 10.1. The molecule has 0 saturated heterocycles. The molecule has 0 fully saturated rings. The highest BCUT2D eigenvalue weighted by atomic mass is 19.4. The number of hydrogen-bond acceptors (Lipinski definition) is 2. The molecule has 0 saturated carbocycles. The van der Waals surface area contributed by atoms with E-state index < -0.39 is 25.2 Å². The van der Waals surface area contributed by atoms with E-state index in [1.54, 1.807) is 0 Å². The van der Waals surface area contributed by atoms with Crippen molar-refractivity contribution in [3.8, 4) is 0 Å². The maximum Gasteiger partial charge on any atom is 0.395 e. The van der Waals surface area contributed by atoms with E-state index in [2.05, 4.69) is 5.73 Å². The molecule has 56 valence electrons. The molecular formula is C4H8F3NO. The van der Waals surface area contributed by atoms with E-state index in [0.29, 0.717) is 0 Å². The molecule has 0 aromatic rings. The lowest BCUT2D eigenvalue weighted by Crippen LogP contribution is -2.32. The Labute approximate surface area is 50.5 Å². The van der Waals surface area contributed by atoms with Crippen LogP contribution >= 0.6 is 0 Å². The van der Waals surface area contributed by atoms with Crippen molar-refractivity contribution in [2.45, 2.75) is 6.18 Å². The first kappa shape index (κ1) is 8.71. The molecule has 5 heteroatoms. The molecule has 0 amide bonds. The van der Waals surface area contributed by atoms with Crippen molar-refractivity contribution in [3.63, 3.8) is 0 Å². The Hall–Kier alpha value is -0.290. The topological polar surface area (TPSA) is 46.2 Å². The average Bonchev–Trinajstić information content (AvgIpc) is 1.65. The molecule has 0 spiro atoms. The minimum Gasteiger partial charge on any atom is -0.396 e. The third-order valence-corrected chi connectivity index (χ3v) is 0.968. The number of alkyl halides is 3. The second-order valence-electron chi connectivity index (χ2n) is 1.66. The van der Waals surface area contributed by atoms with E-state index in [4.69, 9.17) is 5.11 Å². The summed E-state index contributed by atoms with van der Waals surface area (Å²) in [5, 5.41) is 8.06. The molecule has 0 aliphatic carbocycles. The minimum absolute atomic E-state index is 0.556. The fraction of sp³-hybridized carbons (Fsp3) is 1.00. The van der Waals surface area contributed by atoms with Gasteiger partial charge in [0.05, 0.1) is 12.5 Å². The van der Waals surface area contributed by atoms with Crippen molar-refractivity contribution in [3.05, 3.63) is 0 Å². The Morgan fingerprint density at radius 3 is 1.89 bits per heavy atom. The summed E-state index contributed by atoms with van der Waals surface area (Å²) in [7, 11) is 0. The van der Waals surface area contributed by atoms with Gasteiger partial charge in [0.1, 0.15) is 0 Å². The first-order valence-corrected chi connectivity index (χ1v) is 2.40. The number of rotatable bonds is 2. The van der Waals surface area contributed by atoms with Crippen molar-refractivity contribution < 1.29 is 18.3 Å². The molecule has 0 aliphatic rings. The van der Waals surface area contributed by atoms with Gasteiger partial charge in [-0.3, -0.25) is 0 Å². The number of hydrogen-bond donors (Lipinski definition) is 2. The van der Waals surface area contributed by atoms with Crippen LogP contribution in [0.4, 0.5) is 13.2 Å². The Morgan fingerprint density at radius 1 is 1.44 bits per heavy atom. The zero-order valence-corrected chi connectivity index (χ0v) is 4.65. The van der Waals surface area contributed by atoms with Crippen LogP contribution < -0.4 is 5.73 Å². The van der Waals surface area contributed by atoms with Crippen molar-refractivity contribution in [1.29, 1.82) is 0 Å². The number of halogens is 3. The summed E-state index contributed by atoms with van der Waals surface area (Å²) in [4.78, 5) is 0. The van der Waals surface area contributed by atoms with E-state index in [9.17, 15) is 13.2 Å². The van der Waals surface area contributed by atoms with Crippen molar-refractivity contribution in [1.82, 2.24) is 0 Å². The highest BCUT2D eigenvalue weighted by Crippen LogP contribution is 2.24. The second kappa shape index (κ2) is 3.03. The maximum atomic E-state index is 11.5. The van der Waals surface area contributed by atoms with Crippen LogP contribution in [0, 0.1) is 5.92 Å². The maximum absolute atomic E-state index is 11.5. The highest BCUT2D eigenvalue weighted by molar-refractivity contribution is 4.65. The van der Waals surface area contributed by atoms with Gasteiger partial charge in [-0.2, -0.15) is 13.2 Å². The first-order valence-electron chi connectivity index (χ1n) is 2.40. The zero-order valence-electron chi connectivity index (χ0n) is 4.65. The van der Waals surface area contributed by atoms with Crippen LogP contribution in [0.25, 0.3) is 0 Å². The quantitative estimate of drug-likeness (QED) is 0.576. The predicted octanol–water partition coefficient (Wildman–Crippen LogP) is 0.116. The van der Waals surface area contributed by atoms with Gasteiger partial charge in [-0.25, -0.2) is 0 Å². The van der Waals surface area contributed by atoms with Gasteiger partial charge >= 0.3 is 6.18 Å². The van der Waals surface area contributed by atoms with E-state index >= 15 is 0 Å². The minimum atomic E-state index is -4.36. The first-order chi connectivity index (χ1) is 4.02. The summed E-state index contributed by atoms with van der Waals surface area (Å²) in [6, 6.07) is 0. The molecule has 1 atom stereocenters. The van der Waals surface area contributed by atoms with Crippen LogP contribution in [-0.2, 0) is 0 Å². The highest BCUT2D eigenvalue weighted by Gasteiger charge is 2.37. The fourth-order valence-corrected chi connectivity index (χ4v) is 0.312. The van der Waals surface area contributed by atoms with E-state index in [0.717, 1.165) is 0 Å². The average molecular weight is 143 g/mol. The van der Waals surface area contributed by atoms with Crippen LogP contribution in [0.3, 0.4) is 0 Å². The molecule has 0 heterocycles. The Kier molecular flexibility index (Phi) is 2.93. The monoisotopic (exact) mass is 143 g/mol. The van der Waals surface area contributed by atoms with Gasteiger partial charge in [-0.15, -0.1) is 0 Å². The zero-order chi connectivity index (χ0) is 7.49. The molecule has 0 rings (SSSR count). The molecule has 9 heavy (non-hydrogen) atoms. The van der Waals surface area contributed by atoms with Gasteiger partial charge in [0, 0.05) is 6.54 Å². The molecule has 3 N–H and O–H groups in total. The number of nitrogens with two attached hydrogens (primary N) is 1. The third kappa shape index (κ3) is 2.67. The Bertz CT molecular complexity index is 78.4. The van der Waals surface area contributed by atoms with Gasteiger partial charge in [-0.05, 0) is 0 Å². The normalized spacial score (nSPS) is 15.7. The van der Waals surface area contributed by atoms with Crippen LogP contribution in [0.2, 0.25) is 0 Å². The summed E-state index contributed by atoms with van der Waals surface area (Å²) >= 11 is 0. The molecular weight excluding hydrogens is 135 g/mol. The molecule has 0 radical (unpaired) electrons. The lowest BCUT2D eigenvalue weighted by molar-refractivity contribution is -0.180. The summed E-state index contributed by atoms with van der Waals surface area (Å²) in [5.74, 6) is -1.77. The van der Waals surface area contributed by atoms with E-state index in [1.807, 2.05) is 0 Å². The van der Waals surface area contributed by atoms with Crippen LogP contribution in [0.1, 0.15) is 0 Å². The van der Waals surface area contributed by atoms with E-state index in [-0.39, 0.29) is 0 Å². The predicted molar refractivity (Wildman–Crippen MR) is 25.7 cm³/mol. The summed E-state index contributed by atoms with van der Waals surface area (Å²) in [5.41, 5.74) is 4.69. The second-order valence-corrected chi connectivity index (χ2v) is 1.66. The fourth-order valence-electron chi connectivity index (χ4n) is 0.312. The van der Waals surface area contributed by atoms with E-state index in [1.165, 1.54) is 0 Å². The SMILES string of the molecule is NC[C@@H](CO)C(F)(F)F. The lowest BCUT2D eigenvalue weighted by Gasteiger charge is -2.14. The molecule has 0 unspecified atom stereocenters. The standard InChI is InChI=1S/C4H8F3NO/c5-4(6,7)3(1-8)2-9/h3,9H,1-2,8H2/t3-/m0/s1. The van der Waals surface area contributed by atoms with Gasteiger partial charge in [-0.1, -0.05) is 0 Å². The Morgan fingerprint density at radius 2 is 1.89 bits per heavy atom. The molecule has 0 aromatic heterocycles. The number of aliphatic hydroxyl groups is 1. The van der Waals surface area contributed by atoms with Gasteiger partial charge in [0.2, 0.25) is 0 Å². The molecule has 2 nitrogen and oxygen atoms in total. The van der Waals surface area contributed by atoms with Gasteiger partial charge in [0.25, 0.3) is 0 Å². The van der Waals surface area contributed by atoms with Crippen LogP contribution in [0.15, 0.2) is 0 Å². The van der Waals surface area contributed by atoms with Crippen LogP contribution in [-0.4, -0.2) is 24.4 Å². The van der Waals surface area contributed by atoms with Gasteiger partial charge < -0.3 is 10.8 Å². The molecule has 0 aliphatic heterocycles. The summed E-state index contributed by atoms with van der Waals surface area (Å²) in [6.07, 6.45) is -4.36. The Balaban J connectivity index is 3.79. The number of aliphatic hydroxyl groups excluding tert-OH is 1. The third-order valence-electron chi connectivity index (χ3n) is 0.968.